The Bertz CT molecular complexity index is 437. The van der Waals surface area contributed by atoms with Crippen molar-refractivity contribution in [2.75, 3.05) is 0 Å². The van der Waals surface area contributed by atoms with Crippen LogP contribution in [0.5, 0.6) is 0 Å². The molecule has 0 radical (unpaired) electrons. The predicted octanol–water partition coefficient (Wildman–Crippen LogP) is 0.975. The van der Waals surface area contributed by atoms with E-state index in [0.717, 1.165) is 0 Å². The van der Waals surface area contributed by atoms with Gasteiger partial charge in [-0.2, -0.15) is 0 Å². The van der Waals surface area contributed by atoms with Gasteiger partial charge in [-0.25, -0.2) is 0 Å². The monoisotopic (exact) mass is 248 g/mol. The van der Waals surface area contributed by atoms with Gasteiger partial charge in [0.1, 0.15) is 6.10 Å². The lowest BCUT2D eigenvalue weighted by Gasteiger charge is -2.30. The van der Waals surface area contributed by atoms with E-state index in [1.807, 2.05) is 24.3 Å². The van der Waals surface area contributed by atoms with Crippen LogP contribution in [-0.4, -0.2) is 35.5 Å². The second-order valence-corrected chi connectivity index (χ2v) is 4.98. The van der Waals surface area contributed by atoms with E-state index in [1.54, 1.807) is 0 Å². The van der Waals surface area contributed by atoms with E-state index in [2.05, 4.69) is 6.92 Å². The van der Waals surface area contributed by atoms with E-state index < -0.39 is 12.4 Å². The molecule has 3 aliphatic heterocycles. The maximum absolute atomic E-state index is 11.9. The van der Waals surface area contributed by atoms with Crippen molar-refractivity contribution in [2.45, 2.75) is 31.5 Å². The summed E-state index contributed by atoms with van der Waals surface area (Å²) in [4.78, 5) is 11.9. The number of ether oxygens (including phenoxy) is 2. The van der Waals surface area contributed by atoms with Crippen LogP contribution in [0.25, 0.3) is 0 Å². The number of ketones is 1. The zero-order valence-electron chi connectivity index (χ0n) is 10.1. The van der Waals surface area contributed by atoms with E-state index in [9.17, 15) is 9.90 Å². The first-order valence-electron chi connectivity index (χ1n) is 6.23. The number of fused-ring (bicyclic) bond motifs is 2. The average molecular weight is 248 g/mol. The molecule has 0 aliphatic carbocycles. The van der Waals surface area contributed by atoms with Gasteiger partial charge in [0.05, 0.1) is 12.2 Å². The Morgan fingerprint density at radius 2 is 1.83 bits per heavy atom. The summed E-state index contributed by atoms with van der Waals surface area (Å²) in [5.41, 5.74) is 0. The normalized spacial score (nSPS) is 46.4. The minimum absolute atomic E-state index is 0.00875. The van der Waals surface area contributed by atoms with Gasteiger partial charge in [0.2, 0.25) is 0 Å². The number of hydrogen-bond donors (Lipinski definition) is 1. The van der Waals surface area contributed by atoms with Gasteiger partial charge in [0, 0.05) is 5.92 Å². The lowest BCUT2D eigenvalue weighted by Crippen LogP contribution is -2.43. The molecular formula is C14H16O4. The lowest BCUT2D eigenvalue weighted by molar-refractivity contribution is -0.159. The molecule has 6 atom stereocenters. The number of aliphatic hydroxyl groups excluding tert-OH is 1. The van der Waals surface area contributed by atoms with E-state index >= 15 is 0 Å². The summed E-state index contributed by atoms with van der Waals surface area (Å²) in [5.74, 6) is 0.0384. The Balaban J connectivity index is 1.88. The highest BCUT2D eigenvalue weighted by Gasteiger charge is 2.47. The van der Waals surface area contributed by atoms with Gasteiger partial charge in [0.25, 0.3) is 0 Å². The van der Waals surface area contributed by atoms with Gasteiger partial charge in [-0.3, -0.25) is 4.79 Å². The first-order valence-corrected chi connectivity index (χ1v) is 6.23. The van der Waals surface area contributed by atoms with Crippen molar-refractivity contribution < 1.29 is 19.4 Å². The summed E-state index contributed by atoms with van der Waals surface area (Å²) in [5, 5.41) is 9.51. The molecule has 2 bridgehead atoms. The maximum atomic E-state index is 11.9. The molecule has 0 aromatic carbocycles. The quantitative estimate of drug-likeness (QED) is 0.751. The molecule has 1 N–H and O–H groups in total. The van der Waals surface area contributed by atoms with Crippen molar-refractivity contribution in [1.82, 2.24) is 0 Å². The van der Waals surface area contributed by atoms with Crippen LogP contribution in [0, 0.1) is 11.8 Å². The summed E-state index contributed by atoms with van der Waals surface area (Å²) < 4.78 is 11.3. The van der Waals surface area contributed by atoms with Crippen molar-refractivity contribution in [2.24, 2.45) is 11.8 Å². The third-order valence-corrected chi connectivity index (χ3v) is 3.87. The van der Waals surface area contributed by atoms with Gasteiger partial charge in [-0.05, 0) is 18.1 Å². The molecule has 0 amide bonds. The fraction of sp³-hybridized carbons (Fsp3) is 0.500. The number of aliphatic hydroxyl groups is 1. The number of allylic oxidation sites excluding steroid dienone is 2. The summed E-state index contributed by atoms with van der Waals surface area (Å²) >= 11 is 0. The van der Waals surface area contributed by atoms with Crippen LogP contribution in [0.15, 0.2) is 36.5 Å². The van der Waals surface area contributed by atoms with Crippen LogP contribution in [0.4, 0.5) is 0 Å². The third kappa shape index (κ3) is 1.86. The first-order chi connectivity index (χ1) is 8.66. The van der Waals surface area contributed by atoms with Crippen LogP contribution in [0.1, 0.15) is 6.92 Å². The van der Waals surface area contributed by atoms with Crippen molar-refractivity contribution in [3.05, 3.63) is 36.5 Å². The molecule has 4 nitrogen and oxygen atoms in total. The number of carbonyl (C=O) groups excluding carboxylic acids is 1. The highest BCUT2D eigenvalue weighted by molar-refractivity contribution is 5.94. The van der Waals surface area contributed by atoms with Crippen LogP contribution in [0.3, 0.4) is 0 Å². The predicted molar refractivity (Wildman–Crippen MR) is 64.6 cm³/mol. The molecule has 0 aromatic rings. The standard InChI is InChI=1S/C14H16O4/c1-8-10-4-2-3-5-11(17-10)13(8)14-9(15)6-7-12(16)18-14/h2-8,10-14,16H,1H3/t8-,10-,11+,12?,13-,14-/m1/s1. The number of hydrogen-bond acceptors (Lipinski definition) is 4. The Kier molecular flexibility index (Phi) is 2.93. The average Bonchev–Trinajstić information content (AvgIpc) is 2.54. The summed E-state index contributed by atoms with van der Waals surface area (Å²) in [6.45, 7) is 2.06. The van der Waals surface area contributed by atoms with E-state index in [1.165, 1.54) is 12.2 Å². The fourth-order valence-corrected chi connectivity index (χ4v) is 2.92. The largest absolute Gasteiger partial charge is 0.366 e. The molecule has 0 aromatic heterocycles. The molecule has 3 aliphatic rings. The highest BCUT2D eigenvalue weighted by atomic mass is 16.6. The van der Waals surface area contributed by atoms with Crippen molar-refractivity contribution in [1.29, 1.82) is 0 Å². The molecule has 1 unspecified atom stereocenters. The minimum atomic E-state index is -0.998. The SMILES string of the molecule is C[C@H]1[C@@H]([C@@H]2OC(O)C=CC2=O)[C@@H]2C=CC=C[C@H]1O2. The van der Waals surface area contributed by atoms with Crippen LogP contribution in [-0.2, 0) is 14.3 Å². The van der Waals surface area contributed by atoms with Crippen molar-refractivity contribution in [3.63, 3.8) is 0 Å². The Morgan fingerprint density at radius 1 is 1.11 bits per heavy atom. The van der Waals surface area contributed by atoms with E-state index in [-0.39, 0.29) is 29.8 Å². The van der Waals surface area contributed by atoms with E-state index in [0.29, 0.717) is 0 Å². The summed E-state index contributed by atoms with van der Waals surface area (Å²) in [6.07, 6.45) is 8.88. The molecule has 3 rings (SSSR count). The number of rotatable bonds is 1. The minimum Gasteiger partial charge on any atom is -0.366 e. The Hall–Kier alpha value is -1.23. The first kappa shape index (κ1) is 11.8. The number of carbonyl (C=O) groups is 1. The Morgan fingerprint density at radius 3 is 2.61 bits per heavy atom. The van der Waals surface area contributed by atoms with Gasteiger partial charge < -0.3 is 14.6 Å². The highest BCUT2D eigenvalue weighted by Crippen LogP contribution is 2.39. The van der Waals surface area contributed by atoms with Gasteiger partial charge in [-0.1, -0.05) is 31.2 Å². The maximum Gasteiger partial charge on any atom is 0.184 e. The van der Waals surface area contributed by atoms with Gasteiger partial charge in [0.15, 0.2) is 12.1 Å². The molecule has 18 heavy (non-hydrogen) atoms. The molecule has 4 heteroatoms. The van der Waals surface area contributed by atoms with E-state index in [4.69, 9.17) is 9.47 Å². The molecule has 1 fully saturated rings. The Labute approximate surface area is 106 Å². The van der Waals surface area contributed by atoms with Crippen molar-refractivity contribution >= 4 is 5.78 Å². The van der Waals surface area contributed by atoms with Crippen LogP contribution in [0.2, 0.25) is 0 Å². The van der Waals surface area contributed by atoms with Crippen LogP contribution < -0.4 is 0 Å². The summed E-state index contributed by atoms with van der Waals surface area (Å²) in [6, 6.07) is 0. The van der Waals surface area contributed by atoms with Crippen molar-refractivity contribution in [3.8, 4) is 0 Å². The molecular weight excluding hydrogens is 232 g/mol. The fourth-order valence-electron chi connectivity index (χ4n) is 2.92. The van der Waals surface area contributed by atoms with Gasteiger partial charge in [-0.15, -0.1) is 0 Å². The zero-order chi connectivity index (χ0) is 12.7. The second kappa shape index (κ2) is 4.46. The zero-order valence-corrected chi connectivity index (χ0v) is 10.1. The van der Waals surface area contributed by atoms with Gasteiger partial charge >= 0.3 is 0 Å². The molecule has 96 valence electrons. The smallest absolute Gasteiger partial charge is 0.184 e. The second-order valence-electron chi connectivity index (χ2n) is 4.98. The molecule has 0 spiro atoms. The molecule has 0 saturated carbocycles. The topological polar surface area (TPSA) is 55.8 Å². The van der Waals surface area contributed by atoms with Crippen LogP contribution >= 0.6 is 0 Å². The lowest BCUT2D eigenvalue weighted by atomic mass is 9.81. The third-order valence-electron chi connectivity index (χ3n) is 3.87. The molecule has 1 saturated heterocycles. The summed E-state index contributed by atoms with van der Waals surface area (Å²) in [7, 11) is 0. The molecule has 3 heterocycles.